The van der Waals surface area contributed by atoms with E-state index in [2.05, 4.69) is 49.9 Å². The van der Waals surface area contributed by atoms with Gasteiger partial charge in [0.05, 0.1) is 5.52 Å². The predicted octanol–water partition coefficient (Wildman–Crippen LogP) is 2.97. The smallest absolute Gasteiger partial charge is 0.227 e. The molecule has 2 saturated heterocycles. The van der Waals surface area contributed by atoms with Crippen LogP contribution in [0, 0.1) is 6.92 Å². The van der Waals surface area contributed by atoms with Crippen LogP contribution in [-0.4, -0.2) is 97.2 Å². The van der Waals surface area contributed by atoms with Gasteiger partial charge in [-0.3, -0.25) is 9.88 Å². The van der Waals surface area contributed by atoms with Crippen molar-refractivity contribution in [2.24, 2.45) is 0 Å². The summed E-state index contributed by atoms with van der Waals surface area (Å²) in [4.78, 5) is 23.7. The van der Waals surface area contributed by atoms with Gasteiger partial charge in [0.25, 0.3) is 0 Å². The van der Waals surface area contributed by atoms with Gasteiger partial charge in [0.2, 0.25) is 5.95 Å². The normalized spacial score (nSPS) is 18.0. The van der Waals surface area contributed by atoms with E-state index in [0.29, 0.717) is 5.02 Å². The molecule has 9 heteroatoms. The van der Waals surface area contributed by atoms with E-state index in [9.17, 15) is 0 Å². The number of pyridine rings is 1. The van der Waals surface area contributed by atoms with E-state index in [1.54, 1.807) is 0 Å². The third-order valence-corrected chi connectivity index (χ3v) is 6.99. The Kier molecular flexibility index (Phi) is 6.99. The number of aryl methyl sites for hydroxylation is 1. The number of nitrogens with zero attached hydrogens (tertiary/aromatic N) is 7. The van der Waals surface area contributed by atoms with Gasteiger partial charge < -0.3 is 20.0 Å². The summed E-state index contributed by atoms with van der Waals surface area (Å²) in [6.07, 6.45) is 1.83. The third kappa shape index (κ3) is 5.35. The average Bonchev–Trinajstić information content (AvgIpc) is 2.84. The van der Waals surface area contributed by atoms with Crippen molar-refractivity contribution in [2.75, 3.05) is 87.6 Å². The maximum Gasteiger partial charge on any atom is 0.227 e. The second-order valence-corrected chi connectivity index (χ2v) is 9.67. The maximum absolute atomic E-state index is 6.11. The Morgan fingerprint density at radius 3 is 2.47 bits per heavy atom. The average molecular weight is 481 g/mol. The Morgan fingerprint density at radius 2 is 1.68 bits per heavy atom. The highest BCUT2D eigenvalue weighted by Crippen LogP contribution is 2.24. The third-order valence-electron chi connectivity index (χ3n) is 6.76. The number of hydrogen-bond acceptors (Lipinski definition) is 8. The molecule has 180 valence electrons. The van der Waals surface area contributed by atoms with Gasteiger partial charge in [0.1, 0.15) is 5.82 Å². The van der Waals surface area contributed by atoms with E-state index in [-0.39, 0.29) is 0 Å². The van der Waals surface area contributed by atoms with Crippen molar-refractivity contribution in [3.63, 3.8) is 0 Å². The molecule has 1 aromatic carbocycles. The van der Waals surface area contributed by atoms with Crippen molar-refractivity contribution in [1.82, 2.24) is 24.8 Å². The molecule has 0 spiro atoms. The Morgan fingerprint density at radius 1 is 0.912 bits per heavy atom. The molecule has 8 nitrogen and oxygen atoms in total. The van der Waals surface area contributed by atoms with Crippen molar-refractivity contribution in [3.8, 4) is 0 Å². The molecular weight excluding hydrogens is 448 g/mol. The zero-order chi connectivity index (χ0) is 23.5. The van der Waals surface area contributed by atoms with Crippen LogP contribution in [0.2, 0.25) is 5.02 Å². The summed E-state index contributed by atoms with van der Waals surface area (Å²) in [6, 6.07) is 10.0. The second kappa shape index (κ2) is 10.3. The first-order valence-corrected chi connectivity index (χ1v) is 12.5. The van der Waals surface area contributed by atoms with E-state index < -0.39 is 0 Å². The van der Waals surface area contributed by atoms with Crippen LogP contribution in [0.5, 0.6) is 0 Å². The maximum atomic E-state index is 6.11. The monoisotopic (exact) mass is 480 g/mol. The summed E-state index contributed by atoms with van der Waals surface area (Å²) in [5, 5.41) is 5.40. The summed E-state index contributed by atoms with van der Waals surface area (Å²) >= 11 is 6.11. The first-order chi connectivity index (χ1) is 16.5. The molecule has 1 N–H and O–H groups in total. The Balaban J connectivity index is 1.14. The van der Waals surface area contributed by atoms with Crippen LogP contribution in [0.25, 0.3) is 10.9 Å². The van der Waals surface area contributed by atoms with E-state index in [0.717, 1.165) is 99.5 Å². The topological polar surface area (TPSA) is 63.7 Å². The lowest BCUT2D eigenvalue weighted by molar-refractivity contribution is 0.266. The van der Waals surface area contributed by atoms with Gasteiger partial charge in [0, 0.05) is 99.5 Å². The lowest BCUT2D eigenvalue weighted by Gasteiger charge is -2.36. The molecule has 0 unspecified atom stereocenters. The van der Waals surface area contributed by atoms with Crippen LogP contribution in [0.1, 0.15) is 5.69 Å². The van der Waals surface area contributed by atoms with Gasteiger partial charge in [-0.1, -0.05) is 11.6 Å². The van der Waals surface area contributed by atoms with Gasteiger partial charge in [-0.15, -0.1) is 0 Å². The number of benzene rings is 1. The molecule has 0 amide bonds. The summed E-state index contributed by atoms with van der Waals surface area (Å²) in [7, 11) is 2.17. The number of hydrogen-bond donors (Lipinski definition) is 1. The molecule has 34 heavy (non-hydrogen) atoms. The van der Waals surface area contributed by atoms with Gasteiger partial charge in [-0.25, -0.2) is 4.98 Å². The standard InChI is InChI=1S/C25H33ClN8/c1-19-17-24(30-25(29-19)34-13-9-31(2)10-14-34)33-15-11-32(12-16-33)8-7-28-22-5-6-27-23-18-20(26)3-4-21(22)23/h3-6,17-18H,7-16H2,1-2H3,(H,27,28). The number of likely N-dealkylation sites (N-methyl/N-ethyl adjacent to an activating group) is 1. The summed E-state index contributed by atoms with van der Waals surface area (Å²) in [6.45, 7) is 12.1. The minimum atomic E-state index is 0.713. The fourth-order valence-electron chi connectivity index (χ4n) is 4.67. The highest BCUT2D eigenvalue weighted by Gasteiger charge is 2.21. The summed E-state index contributed by atoms with van der Waals surface area (Å²) in [5.74, 6) is 1.93. The minimum Gasteiger partial charge on any atom is -0.383 e. The van der Waals surface area contributed by atoms with Gasteiger partial charge >= 0.3 is 0 Å². The van der Waals surface area contributed by atoms with Crippen LogP contribution < -0.4 is 15.1 Å². The lowest BCUT2D eigenvalue weighted by Crippen LogP contribution is -2.48. The number of fused-ring (bicyclic) bond motifs is 1. The molecular formula is C25H33ClN8. The zero-order valence-corrected chi connectivity index (χ0v) is 20.8. The van der Waals surface area contributed by atoms with Gasteiger partial charge in [-0.05, 0) is 38.2 Å². The molecule has 0 atom stereocenters. The van der Waals surface area contributed by atoms with Crippen LogP contribution in [0.4, 0.5) is 17.5 Å². The van der Waals surface area contributed by atoms with E-state index in [4.69, 9.17) is 21.6 Å². The molecule has 2 fully saturated rings. The Labute approximate surface area is 206 Å². The minimum absolute atomic E-state index is 0.713. The molecule has 2 aromatic heterocycles. The number of anilines is 3. The SMILES string of the molecule is Cc1cc(N2CCN(CCNc3ccnc4cc(Cl)ccc34)CC2)nc(N2CCN(C)CC2)n1. The molecule has 3 aromatic rings. The number of rotatable bonds is 6. The first-order valence-electron chi connectivity index (χ1n) is 12.1. The zero-order valence-electron chi connectivity index (χ0n) is 20.0. The lowest BCUT2D eigenvalue weighted by atomic mass is 10.2. The van der Waals surface area contributed by atoms with Crippen molar-refractivity contribution in [1.29, 1.82) is 0 Å². The van der Waals surface area contributed by atoms with Crippen molar-refractivity contribution in [3.05, 3.63) is 47.2 Å². The number of nitrogens with one attached hydrogen (secondary N) is 1. The largest absolute Gasteiger partial charge is 0.383 e. The molecule has 2 aliphatic rings. The van der Waals surface area contributed by atoms with Crippen LogP contribution >= 0.6 is 11.6 Å². The van der Waals surface area contributed by atoms with Crippen molar-refractivity contribution < 1.29 is 0 Å². The molecule has 0 bridgehead atoms. The van der Waals surface area contributed by atoms with Crippen molar-refractivity contribution >= 4 is 40.0 Å². The van der Waals surface area contributed by atoms with E-state index in [1.165, 1.54) is 0 Å². The fourth-order valence-corrected chi connectivity index (χ4v) is 4.84. The second-order valence-electron chi connectivity index (χ2n) is 9.23. The first kappa shape index (κ1) is 23.1. The van der Waals surface area contributed by atoms with E-state index >= 15 is 0 Å². The molecule has 0 aliphatic carbocycles. The van der Waals surface area contributed by atoms with Crippen molar-refractivity contribution in [2.45, 2.75) is 6.92 Å². The van der Waals surface area contributed by atoms with Crippen LogP contribution in [-0.2, 0) is 0 Å². The van der Waals surface area contributed by atoms with Gasteiger partial charge in [0.15, 0.2) is 0 Å². The highest BCUT2D eigenvalue weighted by molar-refractivity contribution is 6.31. The molecule has 2 aliphatic heterocycles. The fraction of sp³-hybridized carbons (Fsp3) is 0.480. The quantitative estimate of drug-likeness (QED) is 0.577. The predicted molar refractivity (Wildman–Crippen MR) is 140 cm³/mol. The Hall–Kier alpha value is -2.68. The molecule has 0 saturated carbocycles. The molecule has 5 rings (SSSR count). The van der Waals surface area contributed by atoms with Crippen LogP contribution in [0.3, 0.4) is 0 Å². The van der Waals surface area contributed by atoms with E-state index in [1.807, 2.05) is 30.5 Å². The molecule has 0 radical (unpaired) electrons. The van der Waals surface area contributed by atoms with Crippen LogP contribution in [0.15, 0.2) is 36.5 Å². The highest BCUT2D eigenvalue weighted by atomic mass is 35.5. The summed E-state index contributed by atoms with van der Waals surface area (Å²) < 4.78 is 0. The summed E-state index contributed by atoms with van der Waals surface area (Å²) in [5.41, 5.74) is 3.06. The number of halogens is 1. The molecule has 4 heterocycles. The number of aromatic nitrogens is 3. The van der Waals surface area contributed by atoms with Gasteiger partial charge in [-0.2, -0.15) is 4.98 Å². The number of piperazine rings is 2. The Bertz CT molecular complexity index is 1120.